The molecule has 0 radical (unpaired) electrons. The lowest BCUT2D eigenvalue weighted by molar-refractivity contribution is -0.139. The lowest BCUT2D eigenvalue weighted by atomic mass is 10.2. The van der Waals surface area contributed by atoms with Crippen LogP contribution in [0.25, 0.3) is 0 Å². The smallest absolute Gasteiger partial charge is 0.346 e. The van der Waals surface area contributed by atoms with Gasteiger partial charge in [-0.1, -0.05) is 0 Å². The Balaban J connectivity index is 2.98. The first kappa shape index (κ1) is 14.2. The number of rotatable bonds is 4. The van der Waals surface area contributed by atoms with E-state index in [1.165, 1.54) is 18.9 Å². The summed E-state index contributed by atoms with van der Waals surface area (Å²) in [6.07, 6.45) is 1.71. The predicted molar refractivity (Wildman–Crippen MR) is 65.7 cm³/mol. The standard InChI is InChI=1S/C10H13N3O4S/c1-5-7(8(15)11-4-6(14)17-2)9(18-3)13-10(16)12-5/h4H2,1-3H3,(H,11,15)(H,12,13,16). The minimum atomic E-state index is -0.552. The number of nitrogens with zero attached hydrogens (tertiary/aromatic N) is 1. The Morgan fingerprint density at radius 1 is 1.50 bits per heavy atom. The van der Waals surface area contributed by atoms with E-state index in [0.29, 0.717) is 10.7 Å². The van der Waals surface area contributed by atoms with Gasteiger partial charge in [-0.25, -0.2) is 4.79 Å². The topological polar surface area (TPSA) is 101 Å². The van der Waals surface area contributed by atoms with E-state index in [9.17, 15) is 14.4 Å². The van der Waals surface area contributed by atoms with E-state index >= 15 is 0 Å². The van der Waals surface area contributed by atoms with Gasteiger partial charge in [-0.2, -0.15) is 4.98 Å². The molecule has 18 heavy (non-hydrogen) atoms. The maximum Gasteiger partial charge on any atom is 0.346 e. The normalized spacial score (nSPS) is 9.94. The number of hydrogen-bond acceptors (Lipinski definition) is 6. The van der Waals surface area contributed by atoms with E-state index in [-0.39, 0.29) is 12.1 Å². The summed E-state index contributed by atoms with van der Waals surface area (Å²) in [5, 5.41) is 2.71. The van der Waals surface area contributed by atoms with Crippen LogP contribution in [-0.2, 0) is 9.53 Å². The van der Waals surface area contributed by atoms with Gasteiger partial charge in [-0.3, -0.25) is 9.59 Å². The van der Waals surface area contributed by atoms with Crippen molar-refractivity contribution in [1.29, 1.82) is 0 Å². The summed E-state index contributed by atoms with van der Waals surface area (Å²) in [6, 6.07) is 0. The highest BCUT2D eigenvalue weighted by Crippen LogP contribution is 2.17. The number of thioether (sulfide) groups is 1. The van der Waals surface area contributed by atoms with E-state index in [1.54, 1.807) is 13.2 Å². The van der Waals surface area contributed by atoms with Gasteiger partial charge in [-0.05, 0) is 13.2 Å². The summed E-state index contributed by atoms with van der Waals surface area (Å²) < 4.78 is 4.41. The first-order valence-corrected chi connectivity index (χ1v) is 6.22. The monoisotopic (exact) mass is 271 g/mol. The zero-order valence-electron chi connectivity index (χ0n) is 10.2. The van der Waals surface area contributed by atoms with E-state index in [2.05, 4.69) is 20.0 Å². The molecule has 2 N–H and O–H groups in total. The molecule has 98 valence electrons. The first-order chi connectivity index (χ1) is 8.49. The molecule has 0 atom stereocenters. The molecule has 0 aromatic carbocycles. The van der Waals surface area contributed by atoms with Crippen molar-refractivity contribution < 1.29 is 14.3 Å². The van der Waals surface area contributed by atoms with Gasteiger partial charge in [0.2, 0.25) is 0 Å². The molecule has 8 heteroatoms. The molecule has 0 fully saturated rings. The zero-order valence-corrected chi connectivity index (χ0v) is 11.0. The number of esters is 1. The van der Waals surface area contributed by atoms with Crippen LogP contribution in [0.1, 0.15) is 16.1 Å². The van der Waals surface area contributed by atoms with Gasteiger partial charge in [0.15, 0.2) is 0 Å². The number of hydrogen-bond donors (Lipinski definition) is 2. The first-order valence-electron chi connectivity index (χ1n) is 4.99. The molecule has 1 amide bonds. The lowest BCUT2D eigenvalue weighted by Gasteiger charge is -2.09. The number of nitrogens with one attached hydrogen (secondary N) is 2. The fourth-order valence-electron chi connectivity index (χ4n) is 1.29. The summed E-state index contributed by atoms with van der Waals surface area (Å²) in [5.41, 5.74) is 0.147. The van der Waals surface area contributed by atoms with Crippen LogP contribution in [0.4, 0.5) is 0 Å². The van der Waals surface area contributed by atoms with Gasteiger partial charge in [0.1, 0.15) is 11.6 Å². The van der Waals surface area contributed by atoms with E-state index < -0.39 is 17.6 Å². The minimum Gasteiger partial charge on any atom is -0.468 e. The number of ether oxygens (including phenoxy) is 1. The van der Waals surface area contributed by atoms with E-state index in [1.807, 2.05) is 0 Å². The molecule has 0 spiro atoms. The van der Waals surface area contributed by atoms with Crippen LogP contribution >= 0.6 is 11.8 Å². The van der Waals surface area contributed by atoms with Crippen LogP contribution in [0.5, 0.6) is 0 Å². The third-order valence-corrected chi connectivity index (χ3v) is 2.81. The Hall–Kier alpha value is -1.83. The number of carbonyl (C=O) groups is 2. The molecule has 0 bridgehead atoms. The molecule has 1 aromatic rings. The molecule has 0 aliphatic carbocycles. The summed E-state index contributed by atoms with van der Waals surface area (Å²) in [7, 11) is 1.23. The number of aromatic amines is 1. The van der Waals surface area contributed by atoms with Crippen LogP contribution in [-0.4, -0.2) is 41.8 Å². The fraction of sp³-hybridized carbons (Fsp3) is 0.400. The number of aromatic nitrogens is 2. The Kier molecular flexibility index (Phi) is 4.90. The molecular weight excluding hydrogens is 258 g/mol. The van der Waals surface area contributed by atoms with Crippen LogP contribution in [0.15, 0.2) is 9.82 Å². The Bertz CT molecular complexity index is 526. The van der Waals surface area contributed by atoms with Crippen molar-refractivity contribution in [2.45, 2.75) is 11.9 Å². The van der Waals surface area contributed by atoms with Gasteiger partial charge < -0.3 is 15.0 Å². The second-order valence-corrected chi connectivity index (χ2v) is 4.10. The van der Waals surface area contributed by atoms with Gasteiger partial charge >= 0.3 is 11.7 Å². The molecule has 7 nitrogen and oxygen atoms in total. The third-order valence-electron chi connectivity index (χ3n) is 2.13. The summed E-state index contributed by atoms with van der Waals surface area (Å²) >= 11 is 1.18. The van der Waals surface area contributed by atoms with E-state index in [0.717, 1.165) is 0 Å². The maximum atomic E-state index is 11.9. The van der Waals surface area contributed by atoms with Crippen LogP contribution in [0, 0.1) is 6.92 Å². The van der Waals surface area contributed by atoms with Crippen LogP contribution in [0.3, 0.4) is 0 Å². The highest BCUT2D eigenvalue weighted by molar-refractivity contribution is 7.98. The molecule has 0 saturated heterocycles. The Labute approximate surface area is 107 Å². The predicted octanol–water partition coefficient (Wildman–Crippen LogP) is -0.297. The van der Waals surface area contributed by atoms with E-state index in [4.69, 9.17) is 0 Å². The van der Waals surface area contributed by atoms with Crippen molar-refractivity contribution in [1.82, 2.24) is 15.3 Å². The van der Waals surface area contributed by atoms with Crippen molar-refractivity contribution in [3.8, 4) is 0 Å². The average Bonchev–Trinajstić information content (AvgIpc) is 2.34. The number of H-pyrrole nitrogens is 1. The zero-order chi connectivity index (χ0) is 13.7. The van der Waals surface area contributed by atoms with Crippen molar-refractivity contribution in [3.63, 3.8) is 0 Å². The summed E-state index contributed by atoms with van der Waals surface area (Å²) in [6.45, 7) is 1.36. The number of amides is 1. The molecule has 0 unspecified atom stereocenters. The summed E-state index contributed by atoms with van der Waals surface area (Å²) in [4.78, 5) is 40.1. The highest BCUT2D eigenvalue weighted by Gasteiger charge is 2.17. The molecule has 1 heterocycles. The molecule has 0 aliphatic rings. The minimum absolute atomic E-state index is 0.234. The lowest BCUT2D eigenvalue weighted by Crippen LogP contribution is -2.32. The largest absolute Gasteiger partial charge is 0.468 e. The number of methoxy groups -OCH3 is 1. The number of aryl methyl sites for hydroxylation is 1. The van der Waals surface area contributed by atoms with Crippen LogP contribution in [0.2, 0.25) is 0 Å². The summed E-state index contributed by atoms with van der Waals surface area (Å²) in [5.74, 6) is -1.03. The van der Waals surface area contributed by atoms with Crippen molar-refractivity contribution in [2.24, 2.45) is 0 Å². The van der Waals surface area contributed by atoms with Gasteiger partial charge in [0, 0.05) is 5.69 Å². The Morgan fingerprint density at radius 2 is 2.17 bits per heavy atom. The molecule has 0 saturated carbocycles. The molecule has 1 aromatic heterocycles. The van der Waals surface area contributed by atoms with Crippen molar-refractivity contribution >= 4 is 23.6 Å². The van der Waals surface area contributed by atoms with Crippen LogP contribution < -0.4 is 11.0 Å². The SMILES string of the molecule is COC(=O)CNC(=O)c1c(SC)nc(=O)[nH]c1C. The van der Waals surface area contributed by atoms with Crippen molar-refractivity contribution in [3.05, 3.63) is 21.7 Å². The highest BCUT2D eigenvalue weighted by atomic mass is 32.2. The van der Waals surface area contributed by atoms with Gasteiger partial charge in [0.25, 0.3) is 5.91 Å². The Morgan fingerprint density at radius 3 is 2.72 bits per heavy atom. The fourth-order valence-corrected chi connectivity index (χ4v) is 1.91. The quantitative estimate of drug-likeness (QED) is 0.443. The molecular formula is C10H13N3O4S. The van der Waals surface area contributed by atoms with Gasteiger partial charge in [0.05, 0.1) is 12.7 Å². The molecule has 1 rings (SSSR count). The second kappa shape index (κ2) is 6.20. The third kappa shape index (κ3) is 3.33. The number of carbonyl (C=O) groups excluding carboxylic acids is 2. The van der Waals surface area contributed by atoms with Crippen molar-refractivity contribution in [2.75, 3.05) is 19.9 Å². The maximum absolute atomic E-state index is 11.9. The van der Waals surface area contributed by atoms with Gasteiger partial charge in [-0.15, -0.1) is 11.8 Å². The molecule has 0 aliphatic heterocycles. The average molecular weight is 271 g/mol. The second-order valence-electron chi connectivity index (χ2n) is 3.31.